The monoisotopic (exact) mass is 586 g/mol. The standard InChI is InChI=1S/C21H14BrF3N2O5S.CO2/c1-30-18-7-12-9-31-20(29)11-4-14(22)19(28)17(6-11)33-27-15-5-10(13(12)8-26-18)2-3-16(15)32-21(23,24)25;2-1-3/h2-8,27-28H,9H2,1H3;. The van der Waals surface area contributed by atoms with E-state index in [9.17, 15) is 23.1 Å². The number of cyclic esters (lactones) is 1. The van der Waals surface area contributed by atoms with Crippen molar-refractivity contribution in [2.45, 2.75) is 17.9 Å². The van der Waals surface area contributed by atoms with Crippen LogP contribution in [0, 0.1) is 0 Å². The molecule has 0 amide bonds. The van der Waals surface area contributed by atoms with E-state index < -0.39 is 18.1 Å². The lowest BCUT2D eigenvalue weighted by atomic mass is 10.0. The maximum atomic E-state index is 13.0. The molecule has 0 saturated carbocycles. The Morgan fingerprint density at radius 1 is 1.19 bits per heavy atom. The summed E-state index contributed by atoms with van der Waals surface area (Å²) >= 11 is 3.97. The Morgan fingerprint density at radius 3 is 2.58 bits per heavy atom. The number of pyridine rings is 1. The number of nitrogens with one attached hydrogen (secondary N) is 1. The molecular weight excluding hydrogens is 573 g/mol. The number of phenols is 1. The quantitative estimate of drug-likeness (QED) is 0.300. The van der Waals surface area contributed by atoms with E-state index in [1.54, 1.807) is 6.07 Å². The molecule has 1 aromatic heterocycles. The molecule has 4 bridgehead atoms. The summed E-state index contributed by atoms with van der Waals surface area (Å²) in [5.41, 5.74) is 1.65. The Balaban J connectivity index is 0.00000115. The summed E-state index contributed by atoms with van der Waals surface area (Å²) < 4.78 is 56.6. The van der Waals surface area contributed by atoms with E-state index in [0.717, 1.165) is 18.0 Å². The molecule has 188 valence electrons. The number of methoxy groups -OCH3 is 1. The van der Waals surface area contributed by atoms with Crippen molar-refractivity contribution in [1.29, 1.82) is 0 Å². The summed E-state index contributed by atoms with van der Waals surface area (Å²) in [6, 6.07) is 8.35. The number of phenolic OH excluding ortho intramolecular Hbond substituents is 1. The Morgan fingerprint density at radius 2 is 1.92 bits per heavy atom. The minimum absolute atomic E-state index is 0.0102. The normalized spacial score (nSPS) is 12.5. The molecule has 1 aliphatic rings. The number of carbonyl (C=O) groups excluding carboxylic acids is 3. The second kappa shape index (κ2) is 11.3. The van der Waals surface area contributed by atoms with E-state index in [4.69, 9.17) is 19.1 Å². The van der Waals surface area contributed by atoms with Crippen LogP contribution < -0.4 is 14.2 Å². The van der Waals surface area contributed by atoms with E-state index >= 15 is 0 Å². The fraction of sp³-hybridized carbons (Fsp3) is 0.136. The third-order valence-corrected chi connectivity index (χ3v) is 6.04. The number of fused-ring (bicyclic) bond motifs is 6. The molecule has 2 aromatic carbocycles. The highest BCUT2D eigenvalue weighted by molar-refractivity contribution is 9.10. The van der Waals surface area contributed by atoms with Crippen LogP contribution in [0.15, 0.2) is 52.0 Å². The smallest absolute Gasteiger partial charge is 0.506 e. The van der Waals surface area contributed by atoms with Gasteiger partial charge in [-0.15, -0.1) is 13.2 Å². The number of aromatic hydroxyl groups is 1. The molecule has 0 saturated heterocycles. The summed E-state index contributed by atoms with van der Waals surface area (Å²) in [5.74, 6) is -1.06. The topological polar surface area (TPSA) is 124 Å². The van der Waals surface area contributed by atoms with Crippen LogP contribution >= 0.6 is 27.9 Å². The SMILES string of the molecule is COc1cc2c(cn1)-c1ccc(OC(F)(F)F)c(c1)NSc1cc(cc(Br)c1O)C(=O)OC2.O=C=O. The van der Waals surface area contributed by atoms with Gasteiger partial charge in [-0.3, -0.25) is 0 Å². The highest BCUT2D eigenvalue weighted by Gasteiger charge is 2.32. The number of ether oxygens (including phenoxy) is 3. The van der Waals surface area contributed by atoms with Crippen LogP contribution in [0.5, 0.6) is 17.4 Å². The van der Waals surface area contributed by atoms with Crippen LogP contribution in [0.4, 0.5) is 18.9 Å². The molecule has 0 unspecified atom stereocenters. The van der Waals surface area contributed by atoms with Gasteiger partial charge in [-0.2, -0.15) is 9.59 Å². The lowest BCUT2D eigenvalue weighted by molar-refractivity contribution is -0.274. The predicted molar refractivity (Wildman–Crippen MR) is 122 cm³/mol. The van der Waals surface area contributed by atoms with Gasteiger partial charge in [-0.1, -0.05) is 6.07 Å². The van der Waals surface area contributed by atoms with E-state index in [1.165, 1.54) is 37.6 Å². The number of anilines is 1. The van der Waals surface area contributed by atoms with Gasteiger partial charge in [0.25, 0.3) is 0 Å². The molecule has 4 rings (SSSR count). The molecule has 14 heteroatoms. The van der Waals surface area contributed by atoms with Crippen molar-refractivity contribution < 1.29 is 46.9 Å². The van der Waals surface area contributed by atoms with Crippen molar-refractivity contribution in [3.05, 3.63) is 58.2 Å². The Kier molecular flexibility index (Phi) is 8.45. The first-order valence-corrected chi connectivity index (χ1v) is 11.2. The number of nitrogens with zero attached hydrogens (tertiary/aromatic N) is 1. The zero-order valence-corrected chi connectivity index (χ0v) is 20.4. The molecule has 0 fully saturated rings. The number of hydrogen-bond donors (Lipinski definition) is 2. The molecular formula is C22H14BrF3N2O7S. The van der Waals surface area contributed by atoms with Gasteiger partial charge >= 0.3 is 18.5 Å². The van der Waals surface area contributed by atoms with Gasteiger partial charge in [0.2, 0.25) is 5.88 Å². The average molecular weight is 587 g/mol. The van der Waals surface area contributed by atoms with E-state index in [2.05, 4.69) is 30.4 Å². The van der Waals surface area contributed by atoms with E-state index in [-0.39, 0.29) is 45.0 Å². The maximum absolute atomic E-state index is 13.0. The van der Waals surface area contributed by atoms with Crippen LogP contribution in [0.25, 0.3) is 11.1 Å². The van der Waals surface area contributed by atoms with Gasteiger partial charge in [-0.05, 0) is 57.7 Å². The number of rotatable bonds is 2. The molecule has 2 heterocycles. The van der Waals surface area contributed by atoms with E-state index in [0.29, 0.717) is 16.7 Å². The van der Waals surface area contributed by atoms with Crippen molar-refractivity contribution in [3.63, 3.8) is 0 Å². The zero-order chi connectivity index (χ0) is 26.5. The second-order valence-electron chi connectivity index (χ2n) is 6.81. The third kappa shape index (κ3) is 6.47. The van der Waals surface area contributed by atoms with Gasteiger partial charge < -0.3 is 24.0 Å². The average Bonchev–Trinajstić information content (AvgIpc) is 2.83. The number of alkyl halides is 3. The second-order valence-corrected chi connectivity index (χ2v) is 8.51. The largest absolute Gasteiger partial charge is 0.573 e. The van der Waals surface area contributed by atoms with Crippen molar-refractivity contribution in [1.82, 2.24) is 4.98 Å². The van der Waals surface area contributed by atoms with Gasteiger partial charge in [0, 0.05) is 23.4 Å². The Labute approximate surface area is 213 Å². The molecule has 0 atom stereocenters. The van der Waals surface area contributed by atoms with Crippen LogP contribution in [-0.4, -0.2) is 35.7 Å². The summed E-state index contributed by atoms with van der Waals surface area (Å²) in [5, 5.41) is 10.3. The third-order valence-electron chi connectivity index (χ3n) is 4.58. The highest BCUT2D eigenvalue weighted by Crippen LogP contribution is 2.41. The molecule has 0 aliphatic carbocycles. The van der Waals surface area contributed by atoms with Crippen molar-refractivity contribution >= 4 is 45.7 Å². The number of aromatic nitrogens is 1. The van der Waals surface area contributed by atoms with E-state index in [1.807, 2.05) is 0 Å². The zero-order valence-electron chi connectivity index (χ0n) is 18.0. The molecule has 1 aliphatic heterocycles. The maximum Gasteiger partial charge on any atom is 0.573 e. The van der Waals surface area contributed by atoms with Crippen molar-refractivity contribution in [2.75, 3.05) is 11.8 Å². The highest BCUT2D eigenvalue weighted by atomic mass is 79.9. The van der Waals surface area contributed by atoms with Crippen LogP contribution in [0.3, 0.4) is 0 Å². The minimum atomic E-state index is -4.91. The first-order chi connectivity index (χ1) is 17.1. The predicted octanol–water partition coefficient (Wildman–Crippen LogP) is 5.33. The number of esters is 1. The fourth-order valence-corrected chi connectivity index (χ4v) is 4.43. The number of carbonyl (C=O) groups is 1. The lowest BCUT2D eigenvalue weighted by Crippen LogP contribution is -2.17. The van der Waals surface area contributed by atoms with Crippen LogP contribution in [-0.2, 0) is 20.9 Å². The first-order valence-electron chi connectivity index (χ1n) is 9.61. The van der Waals surface area contributed by atoms with Gasteiger partial charge in [0.05, 0.1) is 27.7 Å². The summed E-state index contributed by atoms with van der Waals surface area (Å²) in [4.78, 5) is 33.2. The van der Waals surface area contributed by atoms with Gasteiger partial charge in [0.15, 0.2) is 5.75 Å². The molecule has 2 N–H and O–H groups in total. The fourth-order valence-electron chi connectivity index (χ4n) is 3.06. The molecule has 0 spiro atoms. The lowest BCUT2D eigenvalue weighted by Gasteiger charge is -2.17. The molecule has 0 radical (unpaired) electrons. The van der Waals surface area contributed by atoms with Crippen molar-refractivity contribution in [3.8, 4) is 28.5 Å². The van der Waals surface area contributed by atoms with Crippen LogP contribution in [0.2, 0.25) is 0 Å². The summed E-state index contributed by atoms with van der Waals surface area (Å²) in [6.07, 6.45) is -3.19. The molecule has 36 heavy (non-hydrogen) atoms. The van der Waals surface area contributed by atoms with Gasteiger partial charge in [0.1, 0.15) is 12.4 Å². The Bertz CT molecular complexity index is 1330. The Hall–Kier alpha value is -3.74. The number of halogens is 4. The van der Waals surface area contributed by atoms with Crippen LogP contribution in [0.1, 0.15) is 15.9 Å². The van der Waals surface area contributed by atoms with Crippen molar-refractivity contribution in [2.24, 2.45) is 0 Å². The minimum Gasteiger partial charge on any atom is -0.506 e. The molecule has 3 aromatic rings. The summed E-state index contributed by atoms with van der Waals surface area (Å²) in [7, 11) is 1.43. The summed E-state index contributed by atoms with van der Waals surface area (Å²) in [6.45, 7) is -0.155. The first kappa shape index (κ1) is 26.9. The molecule has 9 nitrogen and oxygen atoms in total. The van der Waals surface area contributed by atoms with Gasteiger partial charge in [-0.25, -0.2) is 9.78 Å². The number of benzene rings is 2. The number of hydrogen-bond acceptors (Lipinski definition) is 10.